The molecular formula is C21H25N5O. The van der Waals surface area contributed by atoms with Crippen LogP contribution in [0.2, 0.25) is 0 Å². The molecule has 140 valence electrons. The summed E-state index contributed by atoms with van der Waals surface area (Å²) in [6.07, 6.45) is 4.66. The second kappa shape index (κ2) is 7.88. The van der Waals surface area contributed by atoms with Crippen LogP contribution < -0.4 is 4.90 Å². The summed E-state index contributed by atoms with van der Waals surface area (Å²) in [6.45, 7) is 2.06. The molecule has 0 unspecified atom stereocenters. The predicted molar refractivity (Wildman–Crippen MR) is 106 cm³/mol. The van der Waals surface area contributed by atoms with Gasteiger partial charge in [0.05, 0.1) is 5.56 Å². The van der Waals surface area contributed by atoms with E-state index < -0.39 is 0 Å². The second-order valence-electron chi connectivity index (χ2n) is 7.26. The van der Waals surface area contributed by atoms with Crippen LogP contribution in [0.25, 0.3) is 11.5 Å². The van der Waals surface area contributed by atoms with E-state index in [1.54, 1.807) is 0 Å². The third-order valence-corrected chi connectivity index (χ3v) is 5.16. The van der Waals surface area contributed by atoms with Crippen LogP contribution >= 0.6 is 0 Å². The normalized spacial score (nSPS) is 17.0. The number of benzene rings is 1. The van der Waals surface area contributed by atoms with Gasteiger partial charge in [-0.05, 0) is 44.6 Å². The van der Waals surface area contributed by atoms with Gasteiger partial charge in [-0.2, -0.15) is 4.98 Å². The van der Waals surface area contributed by atoms with Crippen LogP contribution in [0.4, 0.5) is 5.82 Å². The topological polar surface area (TPSA) is 58.3 Å². The molecule has 1 saturated heterocycles. The number of aryl methyl sites for hydroxylation is 2. The molecule has 1 atom stereocenters. The number of nitrogens with zero attached hydrogens (tertiary/aromatic N) is 5. The van der Waals surface area contributed by atoms with Gasteiger partial charge in [0, 0.05) is 31.7 Å². The van der Waals surface area contributed by atoms with Gasteiger partial charge < -0.3 is 14.3 Å². The van der Waals surface area contributed by atoms with Crippen molar-refractivity contribution in [3.63, 3.8) is 0 Å². The molecule has 0 aliphatic carbocycles. The number of rotatable bonds is 6. The molecule has 0 saturated carbocycles. The standard InChI is InChI=1S/C21H25N5O/c1-25(2)18-12-13-26(15-18)20-11-9-17(14-22-20)21-23-19(24-27-21)10-8-16-6-4-3-5-7-16/h3-7,9,11,14,18H,8,10,12-13,15H2,1-2H3/t18-/m0/s1. The Balaban J connectivity index is 1.39. The van der Waals surface area contributed by atoms with Crippen molar-refractivity contribution in [2.75, 3.05) is 32.1 Å². The van der Waals surface area contributed by atoms with Crippen LogP contribution in [0, 0.1) is 0 Å². The summed E-state index contributed by atoms with van der Waals surface area (Å²) in [4.78, 5) is 13.7. The number of aromatic nitrogens is 3. The number of anilines is 1. The van der Waals surface area contributed by atoms with Crippen LogP contribution in [0.15, 0.2) is 53.2 Å². The maximum Gasteiger partial charge on any atom is 0.259 e. The Hall–Kier alpha value is -2.73. The van der Waals surface area contributed by atoms with Crippen LogP contribution in [0.5, 0.6) is 0 Å². The van der Waals surface area contributed by atoms with E-state index in [1.165, 1.54) is 12.0 Å². The summed E-state index contributed by atoms with van der Waals surface area (Å²) in [6, 6.07) is 15.0. The zero-order chi connectivity index (χ0) is 18.6. The fourth-order valence-corrected chi connectivity index (χ4v) is 3.44. The van der Waals surface area contributed by atoms with Crippen LogP contribution in [-0.4, -0.2) is 53.3 Å². The minimum Gasteiger partial charge on any atom is -0.355 e. The Morgan fingerprint density at radius 1 is 1.11 bits per heavy atom. The van der Waals surface area contributed by atoms with Gasteiger partial charge >= 0.3 is 0 Å². The Bertz CT molecular complexity index is 860. The maximum atomic E-state index is 5.43. The number of pyridine rings is 1. The maximum absolute atomic E-state index is 5.43. The van der Waals surface area contributed by atoms with Crippen molar-refractivity contribution in [3.8, 4) is 11.5 Å². The van der Waals surface area contributed by atoms with Gasteiger partial charge in [0.2, 0.25) is 0 Å². The summed E-state index contributed by atoms with van der Waals surface area (Å²) in [5, 5.41) is 4.11. The van der Waals surface area contributed by atoms with E-state index in [1.807, 2.05) is 36.5 Å². The van der Waals surface area contributed by atoms with E-state index in [4.69, 9.17) is 4.52 Å². The van der Waals surface area contributed by atoms with Gasteiger partial charge in [-0.1, -0.05) is 35.5 Å². The average Bonchev–Trinajstić information content (AvgIpc) is 3.37. The molecule has 0 N–H and O–H groups in total. The summed E-state index contributed by atoms with van der Waals surface area (Å²) < 4.78 is 5.43. The van der Waals surface area contributed by atoms with Gasteiger partial charge in [0.1, 0.15) is 5.82 Å². The van der Waals surface area contributed by atoms with E-state index in [-0.39, 0.29) is 0 Å². The Kier molecular flexibility index (Phi) is 5.16. The van der Waals surface area contributed by atoms with E-state index in [2.05, 4.69) is 51.2 Å². The van der Waals surface area contributed by atoms with E-state index in [9.17, 15) is 0 Å². The quantitative estimate of drug-likeness (QED) is 0.671. The first-order chi connectivity index (χ1) is 13.2. The van der Waals surface area contributed by atoms with Crippen molar-refractivity contribution in [1.82, 2.24) is 20.0 Å². The fourth-order valence-electron chi connectivity index (χ4n) is 3.44. The minimum absolute atomic E-state index is 0.532. The summed E-state index contributed by atoms with van der Waals surface area (Å²) in [7, 11) is 4.27. The molecule has 4 rings (SSSR count). The highest BCUT2D eigenvalue weighted by Crippen LogP contribution is 2.23. The highest BCUT2D eigenvalue weighted by molar-refractivity contribution is 5.55. The molecule has 3 heterocycles. The van der Waals surface area contributed by atoms with Crippen molar-refractivity contribution < 1.29 is 4.52 Å². The van der Waals surface area contributed by atoms with Gasteiger partial charge in [0.25, 0.3) is 5.89 Å². The first kappa shape index (κ1) is 17.7. The van der Waals surface area contributed by atoms with Gasteiger partial charge in [-0.15, -0.1) is 0 Å². The third kappa shape index (κ3) is 4.17. The average molecular weight is 363 g/mol. The molecular weight excluding hydrogens is 338 g/mol. The summed E-state index contributed by atoms with van der Waals surface area (Å²) in [5.41, 5.74) is 2.14. The zero-order valence-corrected chi connectivity index (χ0v) is 15.9. The highest BCUT2D eigenvalue weighted by atomic mass is 16.5. The molecule has 27 heavy (non-hydrogen) atoms. The Morgan fingerprint density at radius 3 is 2.67 bits per heavy atom. The molecule has 1 aliphatic heterocycles. The lowest BCUT2D eigenvalue weighted by Crippen LogP contribution is -2.31. The lowest BCUT2D eigenvalue weighted by atomic mass is 10.1. The Morgan fingerprint density at radius 2 is 1.96 bits per heavy atom. The Labute approximate surface area is 159 Å². The fraction of sp³-hybridized carbons (Fsp3) is 0.381. The largest absolute Gasteiger partial charge is 0.355 e. The lowest BCUT2D eigenvalue weighted by Gasteiger charge is -2.21. The van der Waals surface area contributed by atoms with Crippen LogP contribution in [0.1, 0.15) is 17.8 Å². The molecule has 0 bridgehead atoms. The summed E-state index contributed by atoms with van der Waals surface area (Å²) >= 11 is 0. The van der Waals surface area contributed by atoms with E-state index in [0.717, 1.165) is 43.1 Å². The molecule has 2 aromatic heterocycles. The van der Waals surface area contributed by atoms with Crippen LogP contribution in [0.3, 0.4) is 0 Å². The molecule has 6 nitrogen and oxygen atoms in total. The third-order valence-electron chi connectivity index (χ3n) is 5.16. The predicted octanol–water partition coefficient (Wildman–Crippen LogP) is 3.06. The zero-order valence-electron chi connectivity index (χ0n) is 15.9. The van der Waals surface area contributed by atoms with Crippen molar-refractivity contribution in [3.05, 3.63) is 60.0 Å². The molecule has 0 amide bonds. The van der Waals surface area contributed by atoms with Gasteiger partial charge in [0.15, 0.2) is 5.82 Å². The van der Waals surface area contributed by atoms with E-state index >= 15 is 0 Å². The molecule has 6 heteroatoms. The van der Waals surface area contributed by atoms with Crippen molar-refractivity contribution in [1.29, 1.82) is 0 Å². The number of hydrogen-bond donors (Lipinski definition) is 0. The van der Waals surface area contributed by atoms with Crippen molar-refractivity contribution >= 4 is 5.82 Å². The van der Waals surface area contributed by atoms with Crippen molar-refractivity contribution in [2.24, 2.45) is 0 Å². The van der Waals surface area contributed by atoms with Gasteiger partial charge in [-0.3, -0.25) is 0 Å². The molecule has 1 fully saturated rings. The molecule has 3 aromatic rings. The SMILES string of the molecule is CN(C)[C@H]1CCN(c2ccc(-c3nc(CCc4ccccc4)no3)cn2)C1. The number of likely N-dealkylation sites (N-methyl/N-ethyl adjacent to an activating group) is 1. The lowest BCUT2D eigenvalue weighted by molar-refractivity contribution is 0.315. The molecule has 0 spiro atoms. The smallest absolute Gasteiger partial charge is 0.259 e. The van der Waals surface area contributed by atoms with Gasteiger partial charge in [-0.25, -0.2) is 4.98 Å². The van der Waals surface area contributed by atoms with E-state index in [0.29, 0.717) is 11.9 Å². The van der Waals surface area contributed by atoms with Crippen molar-refractivity contribution in [2.45, 2.75) is 25.3 Å². The highest BCUT2D eigenvalue weighted by Gasteiger charge is 2.24. The second-order valence-corrected chi connectivity index (χ2v) is 7.26. The minimum atomic E-state index is 0.532. The van der Waals surface area contributed by atoms with Crippen LogP contribution in [-0.2, 0) is 12.8 Å². The first-order valence-corrected chi connectivity index (χ1v) is 9.43. The summed E-state index contributed by atoms with van der Waals surface area (Å²) in [5.74, 6) is 2.27. The molecule has 1 aliphatic rings. The molecule has 1 aromatic carbocycles. The molecule has 0 radical (unpaired) electrons. The number of hydrogen-bond acceptors (Lipinski definition) is 6. The first-order valence-electron chi connectivity index (χ1n) is 9.43. The monoisotopic (exact) mass is 363 g/mol.